The zero-order valence-electron chi connectivity index (χ0n) is 9.92. The minimum atomic E-state index is 0.299. The topological polar surface area (TPSA) is 76.7 Å². The summed E-state index contributed by atoms with van der Waals surface area (Å²) in [5.41, 5.74) is 7.92. The molecule has 0 bridgehead atoms. The van der Waals surface area contributed by atoms with Crippen LogP contribution >= 0.6 is 12.2 Å². The molecule has 0 atom stereocenters. The van der Waals surface area contributed by atoms with Crippen molar-refractivity contribution in [2.45, 2.75) is 13.5 Å². The van der Waals surface area contributed by atoms with E-state index in [2.05, 4.69) is 20.3 Å². The van der Waals surface area contributed by atoms with Gasteiger partial charge in [-0.2, -0.15) is 0 Å². The fourth-order valence-electron chi connectivity index (χ4n) is 1.44. The number of hydrogen-bond donors (Lipinski definition) is 2. The highest BCUT2D eigenvalue weighted by Crippen LogP contribution is 2.07. The number of aromatic nitrogens is 3. The molecule has 0 aliphatic rings. The van der Waals surface area contributed by atoms with Gasteiger partial charge in [0.2, 0.25) is 0 Å². The highest BCUT2D eigenvalue weighted by Gasteiger charge is 1.99. The summed E-state index contributed by atoms with van der Waals surface area (Å²) >= 11 is 4.84. The Labute approximate surface area is 110 Å². The van der Waals surface area contributed by atoms with E-state index in [1.54, 1.807) is 18.5 Å². The first kappa shape index (κ1) is 12.4. The summed E-state index contributed by atoms with van der Waals surface area (Å²) < 4.78 is 0. The van der Waals surface area contributed by atoms with Gasteiger partial charge in [-0.05, 0) is 25.1 Å². The van der Waals surface area contributed by atoms with Crippen molar-refractivity contribution < 1.29 is 0 Å². The van der Waals surface area contributed by atoms with E-state index in [1.807, 2.05) is 19.1 Å². The van der Waals surface area contributed by atoms with Crippen LogP contribution in [0.2, 0.25) is 0 Å². The molecule has 18 heavy (non-hydrogen) atoms. The molecule has 0 unspecified atom stereocenters. The third-order valence-electron chi connectivity index (χ3n) is 2.32. The van der Waals surface area contributed by atoms with E-state index in [-0.39, 0.29) is 0 Å². The molecule has 0 fully saturated rings. The third kappa shape index (κ3) is 3.21. The first-order chi connectivity index (χ1) is 8.65. The quantitative estimate of drug-likeness (QED) is 0.809. The number of pyridine rings is 1. The number of nitrogens with two attached hydrogens (primary N) is 1. The number of aryl methyl sites for hydroxylation is 1. The van der Waals surface area contributed by atoms with Crippen molar-refractivity contribution in [3.63, 3.8) is 0 Å². The Balaban J connectivity index is 2.00. The van der Waals surface area contributed by atoms with E-state index in [9.17, 15) is 0 Å². The van der Waals surface area contributed by atoms with Crippen molar-refractivity contribution in [1.82, 2.24) is 15.0 Å². The second-order valence-corrected chi connectivity index (χ2v) is 4.18. The van der Waals surface area contributed by atoms with Gasteiger partial charge in [0.1, 0.15) is 10.8 Å². The SMILES string of the molecule is Cc1nccc(CNc2ccc(C(N)=S)nc2)n1. The summed E-state index contributed by atoms with van der Waals surface area (Å²) in [6, 6.07) is 5.54. The third-order valence-corrected chi connectivity index (χ3v) is 2.53. The molecule has 0 spiro atoms. The monoisotopic (exact) mass is 259 g/mol. The molecule has 2 rings (SSSR count). The van der Waals surface area contributed by atoms with Crippen LogP contribution in [0.1, 0.15) is 17.2 Å². The maximum absolute atomic E-state index is 5.48. The molecule has 0 saturated heterocycles. The minimum absolute atomic E-state index is 0.299. The highest BCUT2D eigenvalue weighted by molar-refractivity contribution is 7.80. The number of nitrogens with zero attached hydrogens (tertiary/aromatic N) is 3. The molecule has 0 aliphatic carbocycles. The molecule has 5 nitrogen and oxygen atoms in total. The van der Waals surface area contributed by atoms with Crippen LogP contribution in [0.3, 0.4) is 0 Å². The minimum Gasteiger partial charge on any atom is -0.388 e. The molecule has 0 aromatic carbocycles. The lowest BCUT2D eigenvalue weighted by Crippen LogP contribution is -2.11. The number of thiocarbonyl (C=S) groups is 1. The van der Waals surface area contributed by atoms with Crippen LogP contribution in [-0.2, 0) is 6.54 Å². The van der Waals surface area contributed by atoms with Gasteiger partial charge in [0.05, 0.1) is 29.8 Å². The van der Waals surface area contributed by atoms with E-state index < -0.39 is 0 Å². The van der Waals surface area contributed by atoms with Crippen molar-refractivity contribution in [3.05, 3.63) is 47.8 Å². The Morgan fingerprint density at radius 1 is 1.33 bits per heavy atom. The largest absolute Gasteiger partial charge is 0.388 e. The lowest BCUT2D eigenvalue weighted by molar-refractivity contribution is 0.954. The first-order valence-electron chi connectivity index (χ1n) is 5.43. The van der Waals surface area contributed by atoms with Crippen LogP contribution in [0.15, 0.2) is 30.6 Å². The molecular weight excluding hydrogens is 246 g/mol. The molecule has 2 aromatic rings. The van der Waals surface area contributed by atoms with E-state index >= 15 is 0 Å². The van der Waals surface area contributed by atoms with Gasteiger partial charge in [-0.15, -0.1) is 0 Å². The number of nitrogens with one attached hydrogen (secondary N) is 1. The number of rotatable bonds is 4. The maximum Gasteiger partial charge on any atom is 0.125 e. The fraction of sp³-hybridized carbons (Fsp3) is 0.167. The fourth-order valence-corrected chi connectivity index (χ4v) is 1.56. The zero-order chi connectivity index (χ0) is 13.0. The lowest BCUT2D eigenvalue weighted by Gasteiger charge is -2.06. The average Bonchev–Trinajstić information content (AvgIpc) is 2.37. The van der Waals surface area contributed by atoms with Gasteiger partial charge >= 0.3 is 0 Å². The Morgan fingerprint density at radius 3 is 2.78 bits per heavy atom. The number of hydrogen-bond acceptors (Lipinski definition) is 5. The molecule has 0 saturated carbocycles. The lowest BCUT2D eigenvalue weighted by atomic mass is 10.3. The van der Waals surface area contributed by atoms with Gasteiger partial charge in [-0.1, -0.05) is 12.2 Å². The summed E-state index contributed by atoms with van der Waals surface area (Å²) in [5.74, 6) is 0.760. The first-order valence-corrected chi connectivity index (χ1v) is 5.84. The average molecular weight is 259 g/mol. The van der Waals surface area contributed by atoms with E-state index in [0.717, 1.165) is 17.2 Å². The smallest absolute Gasteiger partial charge is 0.125 e. The predicted molar refractivity (Wildman–Crippen MR) is 74.2 cm³/mol. The molecule has 0 radical (unpaired) electrons. The van der Waals surface area contributed by atoms with Gasteiger partial charge in [0.25, 0.3) is 0 Å². The van der Waals surface area contributed by atoms with Gasteiger partial charge in [0, 0.05) is 6.20 Å². The van der Waals surface area contributed by atoms with Crippen molar-refractivity contribution in [2.24, 2.45) is 5.73 Å². The molecule has 6 heteroatoms. The van der Waals surface area contributed by atoms with E-state index in [0.29, 0.717) is 17.2 Å². The molecule has 0 aliphatic heterocycles. The van der Waals surface area contributed by atoms with Crippen molar-refractivity contribution in [2.75, 3.05) is 5.32 Å². The molecular formula is C12H13N5S. The summed E-state index contributed by atoms with van der Waals surface area (Å²) in [6.45, 7) is 2.49. The Morgan fingerprint density at radius 2 is 2.17 bits per heavy atom. The van der Waals surface area contributed by atoms with E-state index in [1.165, 1.54) is 0 Å². The standard InChI is InChI=1S/C12H13N5S/c1-8-14-5-4-10(17-8)7-15-9-2-3-11(12(13)18)16-6-9/h2-6,15H,7H2,1H3,(H2,13,18). The Bertz CT molecular complexity index is 553. The Hall–Kier alpha value is -2.08. The molecule has 2 heterocycles. The zero-order valence-corrected chi connectivity index (χ0v) is 10.7. The highest BCUT2D eigenvalue weighted by atomic mass is 32.1. The number of anilines is 1. The Kier molecular flexibility index (Phi) is 3.78. The van der Waals surface area contributed by atoms with Gasteiger partial charge < -0.3 is 11.1 Å². The van der Waals surface area contributed by atoms with Crippen molar-refractivity contribution in [3.8, 4) is 0 Å². The van der Waals surface area contributed by atoms with Gasteiger partial charge in [0.15, 0.2) is 0 Å². The van der Waals surface area contributed by atoms with E-state index in [4.69, 9.17) is 18.0 Å². The van der Waals surface area contributed by atoms with Crippen molar-refractivity contribution >= 4 is 22.9 Å². The van der Waals surface area contributed by atoms with Crippen LogP contribution in [0.25, 0.3) is 0 Å². The second-order valence-electron chi connectivity index (χ2n) is 3.75. The summed E-state index contributed by atoms with van der Waals surface area (Å²) in [4.78, 5) is 12.8. The molecule has 92 valence electrons. The van der Waals surface area contributed by atoms with Crippen molar-refractivity contribution in [1.29, 1.82) is 0 Å². The van der Waals surface area contributed by atoms with Crippen LogP contribution in [-0.4, -0.2) is 19.9 Å². The van der Waals surface area contributed by atoms with Crippen LogP contribution < -0.4 is 11.1 Å². The van der Waals surface area contributed by atoms with Crippen LogP contribution in [0.4, 0.5) is 5.69 Å². The predicted octanol–water partition coefficient (Wildman–Crippen LogP) is 1.43. The van der Waals surface area contributed by atoms with Crippen LogP contribution in [0, 0.1) is 6.92 Å². The second kappa shape index (κ2) is 5.50. The molecule has 2 aromatic heterocycles. The van der Waals surface area contributed by atoms with Gasteiger partial charge in [-0.3, -0.25) is 4.98 Å². The maximum atomic E-state index is 5.48. The normalized spacial score (nSPS) is 10.1. The summed E-state index contributed by atoms with van der Waals surface area (Å²) in [6.07, 6.45) is 3.44. The molecule has 0 amide bonds. The summed E-state index contributed by atoms with van der Waals surface area (Å²) in [7, 11) is 0. The molecule has 3 N–H and O–H groups in total. The summed E-state index contributed by atoms with van der Waals surface area (Å²) in [5, 5.41) is 3.22. The van der Waals surface area contributed by atoms with Crippen LogP contribution in [0.5, 0.6) is 0 Å². The van der Waals surface area contributed by atoms with Gasteiger partial charge in [-0.25, -0.2) is 9.97 Å².